The topological polar surface area (TPSA) is 153 Å². The second kappa shape index (κ2) is 11.7. The minimum atomic E-state index is -1.52. The summed E-state index contributed by atoms with van der Waals surface area (Å²) in [5.41, 5.74) is 11.3. The van der Waals surface area contributed by atoms with Crippen LogP contribution < -0.4 is 16.8 Å². The fraction of sp³-hybridized carbons (Fsp3) is 0.207. The molecule has 2 heterocycles. The van der Waals surface area contributed by atoms with E-state index in [4.69, 9.17) is 23.1 Å². The van der Waals surface area contributed by atoms with Crippen molar-refractivity contribution in [1.29, 1.82) is 0 Å². The summed E-state index contributed by atoms with van der Waals surface area (Å²) in [5.74, 6) is -3.67. The number of benzene rings is 3. The number of Topliss-reactive ketones (excluding diaryl/α,β-unsaturated/α-hetero) is 1. The monoisotopic (exact) mass is 594 g/mol. The molecular weight excluding hydrogens is 570 g/mol. The van der Waals surface area contributed by atoms with Crippen LogP contribution in [0.25, 0.3) is 22.0 Å². The highest BCUT2D eigenvalue weighted by Gasteiger charge is 2.40. The zero-order valence-corrected chi connectivity index (χ0v) is 22.8. The molecule has 5 rings (SSSR count). The summed E-state index contributed by atoms with van der Waals surface area (Å²) >= 11 is 6.27. The van der Waals surface area contributed by atoms with Gasteiger partial charge in [0.15, 0.2) is 17.3 Å². The first-order valence-corrected chi connectivity index (χ1v) is 13.3. The number of rotatable bonds is 8. The van der Waals surface area contributed by atoms with Gasteiger partial charge in [-0.2, -0.15) is 5.10 Å². The molecule has 1 aliphatic rings. The van der Waals surface area contributed by atoms with Crippen LogP contribution in [0.15, 0.2) is 60.7 Å². The Morgan fingerprint density at radius 3 is 2.48 bits per heavy atom. The largest absolute Gasteiger partial charge is 0.364 e. The SMILES string of the molecule is NCC(=O)c1cc(NC(=O)[C@@H]2C[C@@H](F)CN2C(=O)Cn2nc(C(N)=O)c3ccccc32)c(F)c(-c2ccccc2Cl)c1. The first-order chi connectivity index (χ1) is 20.1. The number of nitrogens with two attached hydrogens (primary N) is 2. The van der Waals surface area contributed by atoms with E-state index < -0.39 is 48.1 Å². The Bertz CT molecular complexity index is 1740. The highest BCUT2D eigenvalue weighted by Crippen LogP contribution is 2.35. The van der Waals surface area contributed by atoms with E-state index >= 15 is 4.39 Å². The third kappa shape index (κ3) is 5.46. The van der Waals surface area contributed by atoms with Gasteiger partial charge in [-0.15, -0.1) is 0 Å². The van der Waals surface area contributed by atoms with Gasteiger partial charge >= 0.3 is 0 Å². The van der Waals surface area contributed by atoms with Crippen LogP contribution in [0, 0.1) is 5.82 Å². The van der Waals surface area contributed by atoms with Gasteiger partial charge in [0.25, 0.3) is 5.91 Å². The molecule has 0 unspecified atom stereocenters. The van der Waals surface area contributed by atoms with Crippen LogP contribution >= 0.6 is 11.6 Å². The molecule has 2 atom stereocenters. The number of nitrogens with one attached hydrogen (secondary N) is 1. The zero-order chi connectivity index (χ0) is 30.1. The van der Waals surface area contributed by atoms with E-state index in [1.54, 1.807) is 48.5 Å². The Hall–Kier alpha value is -4.68. The summed E-state index contributed by atoms with van der Waals surface area (Å²) in [5, 5.41) is 7.22. The van der Waals surface area contributed by atoms with Crippen molar-refractivity contribution in [2.45, 2.75) is 25.2 Å². The summed E-state index contributed by atoms with van der Waals surface area (Å²) < 4.78 is 31.6. The quantitative estimate of drug-likeness (QED) is 0.266. The van der Waals surface area contributed by atoms with Gasteiger partial charge in [0.2, 0.25) is 11.8 Å². The summed E-state index contributed by atoms with van der Waals surface area (Å²) in [7, 11) is 0. The summed E-state index contributed by atoms with van der Waals surface area (Å²) in [6.45, 7) is -1.15. The van der Waals surface area contributed by atoms with Crippen LogP contribution in [0.4, 0.5) is 14.5 Å². The maximum Gasteiger partial charge on any atom is 0.269 e. The lowest BCUT2D eigenvalue weighted by atomic mass is 9.99. The number of hydrogen-bond donors (Lipinski definition) is 3. The number of fused-ring (bicyclic) bond motifs is 1. The normalized spacial score (nSPS) is 16.5. The molecule has 0 saturated carbocycles. The summed E-state index contributed by atoms with van der Waals surface area (Å²) in [4.78, 5) is 52.1. The predicted molar refractivity (Wildman–Crippen MR) is 152 cm³/mol. The fourth-order valence-corrected chi connectivity index (χ4v) is 5.28. The lowest BCUT2D eigenvalue weighted by Crippen LogP contribution is -2.44. The molecule has 1 fully saturated rings. The number of alkyl halides is 1. The molecule has 216 valence electrons. The number of halogens is 3. The van der Waals surface area contributed by atoms with Gasteiger partial charge in [0.1, 0.15) is 18.8 Å². The maximum absolute atomic E-state index is 15.7. The molecule has 1 aromatic heterocycles. The van der Waals surface area contributed by atoms with Gasteiger partial charge in [0, 0.05) is 33.5 Å². The maximum atomic E-state index is 15.7. The third-order valence-electron chi connectivity index (χ3n) is 7.05. The highest BCUT2D eigenvalue weighted by molar-refractivity contribution is 6.33. The second-order valence-corrected chi connectivity index (χ2v) is 10.2. The average Bonchev–Trinajstić information content (AvgIpc) is 3.55. The van der Waals surface area contributed by atoms with Crippen molar-refractivity contribution >= 4 is 51.7 Å². The lowest BCUT2D eigenvalue weighted by molar-refractivity contribution is -0.137. The molecule has 0 radical (unpaired) electrons. The van der Waals surface area contributed by atoms with E-state index in [-0.39, 0.29) is 52.6 Å². The van der Waals surface area contributed by atoms with Gasteiger partial charge in [-0.05, 0) is 24.3 Å². The standard InChI is InChI=1S/C29H25ClF2N6O4/c30-20-7-3-1-5-17(20)19-9-15(24(39)12-33)10-21(26(19)32)35-29(42)23-11-16(31)13-37(23)25(40)14-38-22-8-4-2-6-18(22)27(36-38)28(34)41/h1-10,16,23H,11-14,33H2,(H2,34,41)(H,35,42)/t16-,23+/m1/s1. The Labute approximate surface area is 243 Å². The minimum absolute atomic E-state index is 0.0302. The molecular formula is C29H25ClF2N6O4. The smallest absolute Gasteiger partial charge is 0.269 e. The molecule has 0 bridgehead atoms. The first kappa shape index (κ1) is 28.8. The van der Waals surface area contributed by atoms with Crippen molar-refractivity contribution in [1.82, 2.24) is 14.7 Å². The van der Waals surface area contributed by atoms with Crippen molar-refractivity contribution < 1.29 is 28.0 Å². The van der Waals surface area contributed by atoms with E-state index in [1.807, 2.05) is 0 Å². The Morgan fingerprint density at radius 1 is 1.05 bits per heavy atom. The number of aromatic nitrogens is 2. The van der Waals surface area contributed by atoms with Gasteiger partial charge in [0.05, 0.1) is 24.3 Å². The van der Waals surface area contributed by atoms with Crippen molar-refractivity contribution in [3.05, 3.63) is 82.8 Å². The number of carbonyl (C=O) groups excluding carboxylic acids is 4. The molecule has 3 aromatic carbocycles. The van der Waals surface area contributed by atoms with E-state index in [1.165, 1.54) is 10.7 Å². The molecule has 1 aliphatic heterocycles. The predicted octanol–water partition coefficient (Wildman–Crippen LogP) is 3.31. The number of likely N-dealkylation sites (tertiary alicyclic amines) is 1. The number of nitrogens with zero attached hydrogens (tertiary/aromatic N) is 3. The van der Waals surface area contributed by atoms with Crippen molar-refractivity contribution in [3.8, 4) is 11.1 Å². The van der Waals surface area contributed by atoms with Crippen LogP contribution in [0.5, 0.6) is 0 Å². The molecule has 3 amide bonds. The summed E-state index contributed by atoms with van der Waals surface area (Å²) in [6.07, 6.45) is -1.85. The highest BCUT2D eigenvalue weighted by atomic mass is 35.5. The molecule has 0 spiro atoms. The number of amides is 3. The molecule has 10 nitrogen and oxygen atoms in total. The van der Waals surface area contributed by atoms with Crippen LogP contribution in [0.3, 0.4) is 0 Å². The van der Waals surface area contributed by atoms with Crippen molar-refractivity contribution in [2.24, 2.45) is 11.5 Å². The number of primary amides is 1. The van der Waals surface area contributed by atoms with Crippen molar-refractivity contribution in [2.75, 3.05) is 18.4 Å². The first-order valence-electron chi connectivity index (χ1n) is 12.9. The van der Waals surface area contributed by atoms with E-state index in [0.29, 0.717) is 10.9 Å². The Kier molecular flexibility index (Phi) is 8.01. The molecule has 0 aliphatic carbocycles. The van der Waals surface area contributed by atoms with Crippen LogP contribution in [0.1, 0.15) is 27.3 Å². The average molecular weight is 595 g/mol. The van der Waals surface area contributed by atoms with Crippen LogP contribution in [-0.2, 0) is 16.1 Å². The molecule has 1 saturated heterocycles. The molecule has 5 N–H and O–H groups in total. The molecule has 42 heavy (non-hydrogen) atoms. The van der Waals surface area contributed by atoms with Gasteiger partial charge in [-0.25, -0.2) is 8.78 Å². The van der Waals surface area contributed by atoms with E-state index in [0.717, 1.165) is 11.0 Å². The number of ketones is 1. The number of carbonyl (C=O) groups is 4. The lowest BCUT2D eigenvalue weighted by Gasteiger charge is -2.24. The van der Waals surface area contributed by atoms with E-state index in [9.17, 15) is 23.6 Å². The van der Waals surface area contributed by atoms with Gasteiger partial charge in [-0.3, -0.25) is 23.9 Å². The van der Waals surface area contributed by atoms with Gasteiger partial charge in [-0.1, -0.05) is 48.0 Å². The zero-order valence-electron chi connectivity index (χ0n) is 22.0. The number of anilines is 1. The Balaban J connectivity index is 1.44. The minimum Gasteiger partial charge on any atom is -0.364 e. The Morgan fingerprint density at radius 2 is 1.76 bits per heavy atom. The van der Waals surface area contributed by atoms with Crippen LogP contribution in [-0.4, -0.2) is 63.5 Å². The van der Waals surface area contributed by atoms with E-state index in [2.05, 4.69) is 10.4 Å². The third-order valence-corrected chi connectivity index (χ3v) is 7.38. The summed E-state index contributed by atoms with van der Waals surface area (Å²) in [6, 6.07) is 14.2. The number of hydrogen-bond acceptors (Lipinski definition) is 6. The number of para-hydroxylation sites is 1. The van der Waals surface area contributed by atoms with Crippen LogP contribution in [0.2, 0.25) is 5.02 Å². The van der Waals surface area contributed by atoms with Gasteiger partial charge < -0.3 is 21.7 Å². The van der Waals surface area contributed by atoms with Crippen molar-refractivity contribution in [3.63, 3.8) is 0 Å². The second-order valence-electron chi connectivity index (χ2n) is 9.76. The molecule has 13 heteroatoms. The molecule has 4 aromatic rings. The fourth-order valence-electron chi connectivity index (χ4n) is 5.04.